The fourth-order valence-corrected chi connectivity index (χ4v) is 0.901. The van der Waals surface area contributed by atoms with E-state index in [0.29, 0.717) is 0 Å². The summed E-state index contributed by atoms with van der Waals surface area (Å²) >= 11 is 0. The molecule has 0 aromatic heterocycles. The van der Waals surface area contributed by atoms with Crippen molar-refractivity contribution in [2.75, 3.05) is 0 Å². The van der Waals surface area contributed by atoms with Gasteiger partial charge in [-0.2, -0.15) is 0 Å². The monoisotopic (exact) mass is 137 g/mol. The molecule has 0 spiro atoms. The molecule has 2 atom stereocenters. The van der Waals surface area contributed by atoms with E-state index in [1.165, 1.54) is 6.42 Å². The molecule has 9 heavy (non-hydrogen) atoms. The Morgan fingerprint density at radius 1 is 1.00 bits per heavy atom. The van der Waals surface area contributed by atoms with Gasteiger partial charge in [-0.1, -0.05) is 0 Å². The van der Waals surface area contributed by atoms with Crippen LogP contribution in [0.1, 0.15) is 12.8 Å². The summed E-state index contributed by atoms with van der Waals surface area (Å²) in [4.78, 5) is 0. The maximum atomic E-state index is 12.2. The van der Waals surface area contributed by atoms with Gasteiger partial charge in [0, 0.05) is 0 Å². The Labute approximate surface area is 52.1 Å². The number of rotatable bonds is 0. The highest BCUT2D eigenvalue weighted by Crippen LogP contribution is 2.25. The molecule has 1 saturated carbocycles. The van der Waals surface area contributed by atoms with E-state index in [2.05, 4.69) is 0 Å². The Bertz CT molecular complexity index is 84.3. The highest BCUT2D eigenvalue weighted by molar-refractivity contribution is 4.90. The van der Waals surface area contributed by atoms with Crippen LogP contribution in [0.25, 0.3) is 0 Å². The summed E-state index contributed by atoms with van der Waals surface area (Å²) in [7, 11) is 0. The van der Waals surface area contributed by atoms with Crippen molar-refractivity contribution in [2.45, 2.75) is 31.4 Å². The Hall–Kier alpha value is -0.210. The second-order valence-electron chi connectivity index (χ2n) is 2.24. The molecular formula is C6H8F3. The molecule has 1 fully saturated rings. The lowest BCUT2D eigenvalue weighted by Gasteiger charge is -2.22. The van der Waals surface area contributed by atoms with Gasteiger partial charge in [-0.25, -0.2) is 13.2 Å². The van der Waals surface area contributed by atoms with Crippen LogP contribution in [-0.4, -0.2) is 18.5 Å². The lowest BCUT2D eigenvalue weighted by Crippen LogP contribution is -2.32. The first-order valence-electron chi connectivity index (χ1n) is 2.95. The molecule has 0 heterocycles. The fraction of sp³-hybridized carbons (Fsp3) is 0.833. The molecule has 0 amide bonds. The zero-order valence-electron chi connectivity index (χ0n) is 4.86. The normalized spacial score (nSPS) is 45.0. The third kappa shape index (κ3) is 1.37. The average molecular weight is 137 g/mol. The van der Waals surface area contributed by atoms with Crippen molar-refractivity contribution in [3.8, 4) is 0 Å². The maximum Gasteiger partial charge on any atom is 0.162 e. The molecule has 0 nitrogen and oxygen atoms in total. The van der Waals surface area contributed by atoms with Gasteiger partial charge in [-0.05, 0) is 19.3 Å². The highest BCUT2D eigenvalue weighted by atomic mass is 19.2. The predicted octanol–water partition coefficient (Wildman–Crippen LogP) is 2.00. The van der Waals surface area contributed by atoms with Crippen LogP contribution in [0.5, 0.6) is 0 Å². The molecule has 0 aromatic carbocycles. The molecule has 0 saturated heterocycles. The van der Waals surface area contributed by atoms with Gasteiger partial charge >= 0.3 is 0 Å². The Kier molecular flexibility index (Phi) is 1.98. The SMILES string of the molecule is FC1C[CH]CC(F)C1F. The van der Waals surface area contributed by atoms with Crippen molar-refractivity contribution >= 4 is 0 Å². The van der Waals surface area contributed by atoms with E-state index in [-0.39, 0.29) is 12.8 Å². The van der Waals surface area contributed by atoms with Crippen LogP contribution >= 0.6 is 0 Å². The second-order valence-corrected chi connectivity index (χ2v) is 2.24. The van der Waals surface area contributed by atoms with Crippen LogP contribution in [0.2, 0.25) is 0 Å². The molecule has 1 rings (SSSR count). The van der Waals surface area contributed by atoms with E-state index in [1.807, 2.05) is 0 Å². The van der Waals surface area contributed by atoms with Crippen LogP contribution in [0, 0.1) is 6.42 Å². The number of halogens is 3. The van der Waals surface area contributed by atoms with Gasteiger partial charge in [0.05, 0.1) is 0 Å². The third-order valence-electron chi connectivity index (χ3n) is 1.47. The van der Waals surface area contributed by atoms with Gasteiger partial charge in [0.1, 0.15) is 12.3 Å². The van der Waals surface area contributed by atoms with Crippen LogP contribution in [0.15, 0.2) is 0 Å². The zero-order valence-corrected chi connectivity index (χ0v) is 4.86. The lowest BCUT2D eigenvalue weighted by atomic mass is 9.95. The van der Waals surface area contributed by atoms with Gasteiger partial charge in [0.2, 0.25) is 0 Å². The molecule has 0 N–H and O–H groups in total. The lowest BCUT2D eigenvalue weighted by molar-refractivity contribution is 0.0613. The summed E-state index contributed by atoms with van der Waals surface area (Å²) in [5, 5.41) is 0. The van der Waals surface area contributed by atoms with Gasteiger partial charge in [0.15, 0.2) is 6.17 Å². The van der Waals surface area contributed by atoms with Gasteiger partial charge < -0.3 is 0 Å². The molecular weight excluding hydrogens is 129 g/mol. The van der Waals surface area contributed by atoms with Crippen molar-refractivity contribution in [2.24, 2.45) is 0 Å². The quantitative estimate of drug-likeness (QED) is 0.479. The first-order chi connectivity index (χ1) is 4.22. The maximum absolute atomic E-state index is 12.2. The molecule has 1 radical (unpaired) electrons. The molecule has 0 aliphatic heterocycles. The minimum Gasteiger partial charge on any atom is -0.244 e. The average Bonchev–Trinajstić information content (AvgIpc) is 1.83. The summed E-state index contributed by atoms with van der Waals surface area (Å²) in [5.74, 6) is 0. The predicted molar refractivity (Wildman–Crippen MR) is 28.2 cm³/mol. The van der Waals surface area contributed by atoms with E-state index in [1.54, 1.807) is 0 Å². The second kappa shape index (κ2) is 2.58. The van der Waals surface area contributed by atoms with Crippen LogP contribution in [0.3, 0.4) is 0 Å². The zero-order chi connectivity index (χ0) is 6.85. The molecule has 53 valence electrons. The van der Waals surface area contributed by atoms with Gasteiger partial charge in [-0.3, -0.25) is 0 Å². The smallest absolute Gasteiger partial charge is 0.162 e. The summed E-state index contributed by atoms with van der Waals surface area (Å²) in [6.07, 6.45) is -3.56. The molecule has 0 aromatic rings. The highest BCUT2D eigenvalue weighted by Gasteiger charge is 2.33. The molecule has 0 bridgehead atoms. The van der Waals surface area contributed by atoms with Crippen molar-refractivity contribution in [3.63, 3.8) is 0 Å². The van der Waals surface area contributed by atoms with E-state index in [4.69, 9.17) is 0 Å². The Balaban J connectivity index is 2.41. The Morgan fingerprint density at radius 2 is 1.44 bits per heavy atom. The van der Waals surface area contributed by atoms with Crippen molar-refractivity contribution in [1.82, 2.24) is 0 Å². The number of hydrogen-bond acceptors (Lipinski definition) is 0. The molecule has 2 unspecified atom stereocenters. The minimum atomic E-state index is -1.89. The van der Waals surface area contributed by atoms with Gasteiger partial charge in [-0.15, -0.1) is 0 Å². The van der Waals surface area contributed by atoms with Crippen molar-refractivity contribution in [3.05, 3.63) is 6.42 Å². The van der Waals surface area contributed by atoms with E-state index in [9.17, 15) is 13.2 Å². The van der Waals surface area contributed by atoms with Crippen molar-refractivity contribution in [1.29, 1.82) is 0 Å². The van der Waals surface area contributed by atoms with E-state index < -0.39 is 18.5 Å². The molecule has 1 aliphatic rings. The largest absolute Gasteiger partial charge is 0.244 e. The summed E-state index contributed by atoms with van der Waals surface area (Å²) in [6, 6.07) is 0. The summed E-state index contributed by atoms with van der Waals surface area (Å²) in [6.45, 7) is 0. The third-order valence-corrected chi connectivity index (χ3v) is 1.47. The van der Waals surface area contributed by atoms with E-state index >= 15 is 0 Å². The molecule has 1 aliphatic carbocycles. The first-order valence-corrected chi connectivity index (χ1v) is 2.95. The standard InChI is InChI=1S/C6H8F3/c7-4-2-1-3-5(8)6(4)9/h1,4-6H,2-3H2. The number of alkyl halides is 3. The minimum absolute atomic E-state index is 0.0571. The summed E-state index contributed by atoms with van der Waals surface area (Å²) < 4.78 is 36.6. The molecule has 3 heteroatoms. The van der Waals surface area contributed by atoms with Gasteiger partial charge in [0.25, 0.3) is 0 Å². The van der Waals surface area contributed by atoms with Crippen LogP contribution in [-0.2, 0) is 0 Å². The topological polar surface area (TPSA) is 0 Å². The Morgan fingerprint density at radius 3 is 1.78 bits per heavy atom. The van der Waals surface area contributed by atoms with Crippen LogP contribution < -0.4 is 0 Å². The summed E-state index contributed by atoms with van der Waals surface area (Å²) in [5.41, 5.74) is 0. The van der Waals surface area contributed by atoms with Crippen LogP contribution in [0.4, 0.5) is 13.2 Å². The fourth-order valence-electron chi connectivity index (χ4n) is 0.901. The number of hydrogen-bond donors (Lipinski definition) is 0. The van der Waals surface area contributed by atoms with E-state index in [0.717, 1.165) is 0 Å². The first kappa shape index (κ1) is 6.90. The van der Waals surface area contributed by atoms with Crippen molar-refractivity contribution < 1.29 is 13.2 Å².